The van der Waals surface area contributed by atoms with E-state index in [1.807, 2.05) is 18.2 Å². The van der Waals surface area contributed by atoms with Gasteiger partial charge in [-0.3, -0.25) is 4.79 Å². The summed E-state index contributed by atoms with van der Waals surface area (Å²) in [4.78, 5) is 11.7. The maximum atomic E-state index is 11.7. The molecular weight excluding hydrogens is 256 g/mol. The van der Waals surface area contributed by atoms with Gasteiger partial charge in [0.15, 0.2) is 0 Å². The highest BCUT2D eigenvalue weighted by atomic mass is 16.1. The Morgan fingerprint density at radius 3 is 2.48 bits per heavy atom. The van der Waals surface area contributed by atoms with Crippen LogP contribution in [0.5, 0.6) is 0 Å². The molecule has 1 nitrogen and oxygen atoms in total. The third kappa shape index (κ3) is 3.49. The van der Waals surface area contributed by atoms with Crippen LogP contribution in [0.1, 0.15) is 48.3 Å². The number of hydrogen-bond donors (Lipinski definition) is 0. The maximum absolute atomic E-state index is 11.7. The van der Waals surface area contributed by atoms with Crippen molar-refractivity contribution < 1.29 is 4.79 Å². The number of carbonyl (C=O) groups is 1. The lowest BCUT2D eigenvalue weighted by Crippen LogP contribution is -2.14. The van der Waals surface area contributed by atoms with E-state index in [1.165, 1.54) is 16.7 Å². The SMILES string of the molecule is O=C1CCCC(c2ccccc2/C=C/c2ccccc2)C1. The second kappa shape index (κ2) is 6.53. The zero-order valence-corrected chi connectivity index (χ0v) is 12.2. The van der Waals surface area contributed by atoms with Crippen LogP contribution in [-0.2, 0) is 4.79 Å². The lowest BCUT2D eigenvalue weighted by Gasteiger charge is -2.22. The van der Waals surface area contributed by atoms with Gasteiger partial charge in [0.1, 0.15) is 5.78 Å². The van der Waals surface area contributed by atoms with Gasteiger partial charge in [-0.15, -0.1) is 0 Å². The molecule has 0 amide bonds. The molecule has 0 N–H and O–H groups in total. The first-order valence-corrected chi connectivity index (χ1v) is 7.67. The topological polar surface area (TPSA) is 17.1 Å². The number of carbonyl (C=O) groups excluding carboxylic acids is 1. The Labute approximate surface area is 126 Å². The monoisotopic (exact) mass is 276 g/mol. The van der Waals surface area contributed by atoms with Crippen LogP contribution in [0.15, 0.2) is 54.6 Å². The van der Waals surface area contributed by atoms with Gasteiger partial charge in [-0.2, -0.15) is 0 Å². The van der Waals surface area contributed by atoms with E-state index in [2.05, 4.69) is 48.6 Å². The van der Waals surface area contributed by atoms with E-state index in [1.54, 1.807) is 0 Å². The highest BCUT2D eigenvalue weighted by Crippen LogP contribution is 2.33. The normalized spacial score (nSPS) is 19.0. The van der Waals surface area contributed by atoms with E-state index >= 15 is 0 Å². The van der Waals surface area contributed by atoms with Crippen molar-refractivity contribution in [2.45, 2.75) is 31.6 Å². The van der Waals surface area contributed by atoms with Gasteiger partial charge in [0.2, 0.25) is 0 Å². The van der Waals surface area contributed by atoms with Gasteiger partial charge in [-0.25, -0.2) is 0 Å². The largest absolute Gasteiger partial charge is 0.300 e. The Hall–Kier alpha value is -2.15. The van der Waals surface area contributed by atoms with Gasteiger partial charge >= 0.3 is 0 Å². The Morgan fingerprint density at radius 1 is 0.905 bits per heavy atom. The molecule has 1 fully saturated rings. The van der Waals surface area contributed by atoms with Gasteiger partial charge in [0.25, 0.3) is 0 Å². The molecule has 2 aromatic carbocycles. The van der Waals surface area contributed by atoms with Crippen molar-refractivity contribution in [1.82, 2.24) is 0 Å². The molecule has 0 bridgehead atoms. The second-order valence-corrected chi connectivity index (χ2v) is 5.70. The van der Waals surface area contributed by atoms with Gasteiger partial charge in [-0.05, 0) is 35.4 Å². The van der Waals surface area contributed by atoms with Gasteiger partial charge in [0, 0.05) is 12.8 Å². The summed E-state index contributed by atoms with van der Waals surface area (Å²) in [5, 5.41) is 0. The number of rotatable bonds is 3. The van der Waals surface area contributed by atoms with Crippen LogP contribution >= 0.6 is 0 Å². The van der Waals surface area contributed by atoms with Crippen LogP contribution in [0, 0.1) is 0 Å². The fraction of sp³-hybridized carbons (Fsp3) is 0.250. The van der Waals surface area contributed by atoms with Crippen LogP contribution in [0.3, 0.4) is 0 Å². The fourth-order valence-corrected chi connectivity index (χ4v) is 3.07. The molecule has 0 heterocycles. The molecule has 0 spiro atoms. The summed E-state index contributed by atoms with van der Waals surface area (Å²) in [7, 11) is 0. The summed E-state index contributed by atoms with van der Waals surface area (Å²) < 4.78 is 0. The average molecular weight is 276 g/mol. The van der Waals surface area contributed by atoms with Crippen molar-refractivity contribution in [3.63, 3.8) is 0 Å². The minimum Gasteiger partial charge on any atom is -0.300 e. The Balaban J connectivity index is 1.86. The van der Waals surface area contributed by atoms with Gasteiger partial charge in [0.05, 0.1) is 0 Å². The first kappa shape index (κ1) is 13.8. The van der Waals surface area contributed by atoms with Crippen molar-refractivity contribution in [2.75, 3.05) is 0 Å². The van der Waals surface area contributed by atoms with Crippen molar-refractivity contribution in [3.8, 4) is 0 Å². The van der Waals surface area contributed by atoms with Crippen molar-refractivity contribution in [3.05, 3.63) is 71.3 Å². The van der Waals surface area contributed by atoms with Crippen molar-refractivity contribution in [2.24, 2.45) is 0 Å². The van der Waals surface area contributed by atoms with E-state index in [-0.39, 0.29) is 0 Å². The first-order chi connectivity index (χ1) is 10.3. The molecule has 0 aromatic heterocycles. The lowest BCUT2D eigenvalue weighted by molar-refractivity contribution is -0.120. The molecular formula is C20H20O. The Morgan fingerprint density at radius 2 is 1.67 bits per heavy atom. The number of ketones is 1. The molecule has 1 saturated carbocycles. The van der Waals surface area contributed by atoms with Crippen LogP contribution in [0.25, 0.3) is 12.2 Å². The first-order valence-electron chi connectivity index (χ1n) is 7.67. The molecule has 106 valence electrons. The predicted molar refractivity (Wildman–Crippen MR) is 88.0 cm³/mol. The summed E-state index contributed by atoms with van der Waals surface area (Å²) in [5.41, 5.74) is 3.76. The summed E-state index contributed by atoms with van der Waals surface area (Å²) in [6, 6.07) is 18.8. The molecule has 1 atom stereocenters. The number of Topliss-reactive ketones (excluding diaryl/α,β-unsaturated/α-hetero) is 1. The molecule has 0 aliphatic heterocycles. The molecule has 2 aromatic rings. The standard InChI is InChI=1S/C20H20O/c21-19-11-6-10-18(15-19)20-12-5-4-9-17(20)14-13-16-7-2-1-3-8-16/h1-5,7-9,12-14,18H,6,10-11,15H2/b14-13+. The molecule has 3 rings (SSSR count). The third-order valence-electron chi connectivity index (χ3n) is 4.17. The molecule has 1 aliphatic carbocycles. The smallest absolute Gasteiger partial charge is 0.133 e. The van der Waals surface area contributed by atoms with Crippen LogP contribution in [-0.4, -0.2) is 5.78 Å². The summed E-state index contributed by atoms with van der Waals surface area (Å²) in [5.74, 6) is 0.802. The highest BCUT2D eigenvalue weighted by Gasteiger charge is 2.22. The number of benzene rings is 2. The zero-order valence-electron chi connectivity index (χ0n) is 12.2. The van der Waals surface area contributed by atoms with Crippen molar-refractivity contribution in [1.29, 1.82) is 0 Å². The van der Waals surface area contributed by atoms with Crippen molar-refractivity contribution >= 4 is 17.9 Å². The van der Waals surface area contributed by atoms with E-state index < -0.39 is 0 Å². The molecule has 21 heavy (non-hydrogen) atoms. The van der Waals surface area contributed by atoms with E-state index in [0.29, 0.717) is 18.1 Å². The lowest BCUT2D eigenvalue weighted by atomic mass is 9.81. The van der Waals surface area contributed by atoms with Crippen LogP contribution < -0.4 is 0 Å². The zero-order chi connectivity index (χ0) is 14.5. The third-order valence-corrected chi connectivity index (χ3v) is 4.17. The van der Waals surface area contributed by atoms with Crippen LogP contribution in [0.4, 0.5) is 0 Å². The van der Waals surface area contributed by atoms with Crippen LogP contribution in [0.2, 0.25) is 0 Å². The Kier molecular flexibility index (Phi) is 4.30. The number of hydrogen-bond acceptors (Lipinski definition) is 1. The minimum absolute atomic E-state index is 0.392. The average Bonchev–Trinajstić information content (AvgIpc) is 2.54. The summed E-state index contributed by atoms with van der Waals surface area (Å²) >= 11 is 0. The van der Waals surface area contributed by atoms with Gasteiger partial charge in [-0.1, -0.05) is 66.7 Å². The fourth-order valence-electron chi connectivity index (χ4n) is 3.07. The summed E-state index contributed by atoms with van der Waals surface area (Å²) in [6.45, 7) is 0. The van der Waals surface area contributed by atoms with E-state index in [9.17, 15) is 4.79 Å². The van der Waals surface area contributed by atoms with E-state index in [0.717, 1.165) is 19.3 Å². The van der Waals surface area contributed by atoms with E-state index in [4.69, 9.17) is 0 Å². The summed E-state index contributed by atoms with van der Waals surface area (Å²) in [6.07, 6.45) is 7.93. The quantitative estimate of drug-likeness (QED) is 0.714. The highest BCUT2D eigenvalue weighted by molar-refractivity contribution is 5.80. The molecule has 0 saturated heterocycles. The molecule has 1 aliphatic rings. The molecule has 1 unspecified atom stereocenters. The molecule has 1 heteroatoms. The second-order valence-electron chi connectivity index (χ2n) is 5.70. The predicted octanol–water partition coefficient (Wildman–Crippen LogP) is 5.08. The van der Waals surface area contributed by atoms with Gasteiger partial charge < -0.3 is 0 Å². The minimum atomic E-state index is 0.392. The maximum Gasteiger partial charge on any atom is 0.133 e. The Bertz CT molecular complexity index is 640. The molecule has 0 radical (unpaired) electrons.